The lowest BCUT2D eigenvalue weighted by Gasteiger charge is -2.13. The van der Waals surface area contributed by atoms with E-state index in [-0.39, 0.29) is 30.1 Å². The molecule has 32 heavy (non-hydrogen) atoms. The van der Waals surface area contributed by atoms with E-state index in [4.69, 9.17) is 0 Å². The van der Waals surface area contributed by atoms with Crippen LogP contribution in [0.25, 0.3) is 17.2 Å². The van der Waals surface area contributed by atoms with Crippen LogP contribution in [0.3, 0.4) is 0 Å². The van der Waals surface area contributed by atoms with Crippen LogP contribution in [0.2, 0.25) is 0 Å². The van der Waals surface area contributed by atoms with Crippen molar-refractivity contribution in [3.63, 3.8) is 0 Å². The number of nitrogens with one attached hydrogen (secondary N) is 1. The highest BCUT2D eigenvalue weighted by Gasteiger charge is 2.34. The van der Waals surface area contributed by atoms with Crippen molar-refractivity contribution in [3.8, 4) is 11.1 Å². The number of carbonyl (C=O) groups excluding carboxylic acids is 3. The van der Waals surface area contributed by atoms with Crippen molar-refractivity contribution in [2.24, 2.45) is 0 Å². The summed E-state index contributed by atoms with van der Waals surface area (Å²) in [5, 5.41) is 2.46. The van der Waals surface area contributed by atoms with Crippen molar-refractivity contribution < 1.29 is 14.4 Å². The highest BCUT2D eigenvalue weighted by molar-refractivity contribution is 8.18. The molecule has 1 saturated heterocycles. The second-order valence-corrected chi connectivity index (χ2v) is 8.44. The molecular weight excluding hydrogens is 420 g/mol. The van der Waals surface area contributed by atoms with Crippen molar-refractivity contribution in [1.82, 2.24) is 10.2 Å². The second-order valence-electron chi connectivity index (χ2n) is 7.44. The molecule has 6 heteroatoms. The summed E-state index contributed by atoms with van der Waals surface area (Å²) in [6.45, 7) is 2.31. The molecule has 0 atom stereocenters. The third kappa shape index (κ3) is 4.98. The van der Waals surface area contributed by atoms with Crippen molar-refractivity contribution in [3.05, 3.63) is 100 Å². The Labute approximate surface area is 191 Å². The van der Waals surface area contributed by atoms with E-state index in [9.17, 15) is 14.4 Å². The number of nitrogens with zero attached hydrogens (tertiary/aromatic N) is 1. The van der Waals surface area contributed by atoms with Gasteiger partial charge in [-0.2, -0.15) is 0 Å². The summed E-state index contributed by atoms with van der Waals surface area (Å²) in [5.74, 6) is -0.575. The zero-order valence-electron chi connectivity index (χ0n) is 17.6. The monoisotopic (exact) mass is 442 g/mol. The largest absolute Gasteiger partial charge is 0.350 e. The Kier molecular flexibility index (Phi) is 6.52. The van der Waals surface area contributed by atoms with Gasteiger partial charge in [-0.25, -0.2) is 0 Å². The summed E-state index contributed by atoms with van der Waals surface area (Å²) in [4.78, 5) is 38.9. The van der Waals surface area contributed by atoms with E-state index in [1.54, 1.807) is 18.2 Å². The first-order valence-electron chi connectivity index (χ1n) is 10.3. The van der Waals surface area contributed by atoms with Crippen molar-refractivity contribution in [1.29, 1.82) is 0 Å². The molecule has 1 heterocycles. The number of thioether (sulfide) groups is 1. The molecule has 0 spiro atoms. The van der Waals surface area contributed by atoms with Crippen LogP contribution in [0.5, 0.6) is 0 Å². The molecule has 160 valence electrons. The van der Waals surface area contributed by atoms with Crippen LogP contribution >= 0.6 is 11.8 Å². The number of hydrogen-bond donors (Lipinski definition) is 1. The molecule has 1 aliphatic heterocycles. The smallest absolute Gasteiger partial charge is 0.293 e. The Morgan fingerprint density at radius 2 is 1.56 bits per heavy atom. The number of amides is 3. The van der Waals surface area contributed by atoms with E-state index in [1.807, 2.05) is 73.7 Å². The lowest BCUT2D eigenvalue weighted by atomic mass is 10.0. The lowest BCUT2D eigenvalue weighted by Crippen LogP contribution is -2.37. The van der Waals surface area contributed by atoms with Crippen LogP contribution in [0.15, 0.2) is 83.8 Å². The number of carbonyl (C=O) groups is 3. The Morgan fingerprint density at radius 3 is 2.25 bits per heavy atom. The zero-order chi connectivity index (χ0) is 22.5. The molecule has 1 fully saturated rings. The lowest BCUT2D eigenvalue weighted by molar-refractivity contribution is -0.122. The van der Waals surface area contributed by atoms with Crippen LogP contribution in [0.4, 0.5) is 4.79 Å². The molecule has 3 aromatic carbocycles. The Morgan fingerprint density at radius 1 is 0.906 bits per heavy atom. The summed E-state index contributed by atoms with van der Waals surface area (Å²) in [6.07, 6.45) is 1.72. The molecule has 0 radical (unpaired) electrons. The van der Waals surface area contributed by atoms with Crippen molar-refractivity contribution in [2.45, 2.75) is 6.92 Å². The molecule has 0 saturated carbocycles. The van der Waals surface area contributed by atoms with E-state index in [2.05, 4.69) is 5.32 Å². The molecular formula is C26H22N2O3S. The molecule has 3 aromatic rings. The van der Waals surface area contributed by atoms with Gasteiger partial charge >= 0.3 is 0 Å². The number of benzene rings is 3. The van der Waals surface area contributed by atoms with Gasteiger partial charge in [-0.15, -0.1) is 0 Å². The van der Waals surface area contributed by atoms with Gasteiger partial charge in [0, 0.05) is 18.7 Å². The molecule has 4 rings (SSSR count). The second kappa shape index (κ2) is 9.66. The molecule has 0 bridgehead atoms. The van der Waals surface area contributed by atoms with Gasteiger partial charge in [0.15, 0.2) is 0 Å². The summed E-state index contributed by atoms with van der Waals surface area (Å²) in [5.41, 5.74) is 4.63. The Hall–Kier alpha value is -3.64. The SMILES string of the molecule is Cc1ccc(C=C2SC(=O)N(CCNC(=O)c3ccc(-c4ccccc4)cc3)C2=O)cc1. The molecule has 3 amide bonds. The standard InChI is InChI=1S/C26H22N2O3S/c1-18-7-9-19(10-8-18)17-23-25(30)28(26(31)32-23)16-15-27-24(29)22-13-11-21(12-14-22)20-5-3-2-4-6-20/h2-14,17H,15-16H2,1H3,(H,27,29). The summed E-state index contributed by atoms with van der Waals surface area (Å²) < 4.78 is 0. The average Bonchev–Trinajstić information content (AvgIpc) is 3.08. The molecule has 1 N–H and O–H groups in total. The molecule has 1 aliphatic rings. The van der Waals surface area contributed by atoms with E-state index < -0.39 is 0 Å². The minimum atomic E-state index is -0.331. The maximum absolute atomic E-state index is 12.6. The van der Waals surface area contributed by atoms with Gasteiger partial charge in [-0.3, -0.25) is 19.3 Å². The predicted octanol–water partition coefficient (Wildman–Crippen LogP) is 5.13. The van der Waals surface area contributed by atoms with Gasteiger partial charge in [0.1, 0.15) is 0 Å². The van der Waals surface area contributed by atoms with Gasteiger partial charge in [0.2, 0.25) is 0 Å². The summed E-state index contributed by atoms with van der Waals surface area (Å²) >= 11 is 0.921. The van der Waals surface area contributed by atoms with Crippen LogP contribution in [-0.2, 0) is 4.79 Å². The average molecular weight is 443 g/mol. The normalized spacial score (nSPS) is 14.8. The summed E-state index contributed by atoms with van der Waals surface area (Å²) in [6, 6.07) is 25.0. The van der Waals surface area contributed by atoms with Crippen LogP contribution < -0.4 is 5.32 Å². The quantitative estimate of drug-likeness (QED) is 0.538. The van der Waals surface area contributed by atoms with Gasteiger partial charge in [0.25, 0.3) is 17.1 Å². The Balaban J connectivity index is 1.33. The van der Waals surface area contributed by atoms with E-state index in [0.717, 1.165) is 34.0 Å². The van der Waals surface area contributed by atoms with Gasteiger partial charge < -0.3 is 5.32 Å². The number of imide groups is 1. The number of hydrogen-bond acceptors (Lipinski definition) is 4. The van der Waals surface area contributed by atoms with Gasteiger partial charge in [0.05, 0.1) is 4.91 Å². The minimum Gasteiger partial charge on any atom is -0.350 e. The van der Waals surface area contributed by atoms with Crippen LogP contribution in [-0.4, -0.2) is 35.0 Å². The first kappa shape index (κ1) is 21.6. The maximum Gasteiger partial charge on any atom is 0.293 e. The highest BCUT2D eigenvalue weighted by atomic mass is 32.2. The fourth-order valence-corrected chi connectivity index (χ4v) is 4.20. The number of rotatable bonds is 6. The fraction of sp³-hybridized carbons (Fsp3) is 0.115. The predicted molar refractivity (Wildman–Crippen MR) is 128 cm³/mol. The zero-order valence-corrected chi connectivity index (χ0v) is 18.4. The number of aryl methyl sites for hydroxylation is 1. The van der Waals surface area contributed by atoms with Gasteiger partial charge in [-0.1, -0.05) is 72.3 Å². The minimum absolute atomic E-state index is 0.129. The van der Waals surface area contributed by atoms with Crippen molar-refractivity contribution in [2.75, 3.05) is 13.1 Å². The van der Waals surface area contributed by atoms with E-state index in [0.29, 0.717) is 10.5 Å². The topological polar surface area (TPSA) is 66.5 Å². The van der Waals surface area contributed by atoms with Crippen molar-refractivity contribution >= 4 is 34.9 Å². The van der Waals surface area contributed by atoms with E-state index >= 15 is 0 Å². The third-order valence-corrected chi connectivity index (χ3v) is 6.03. The first-order valence-corrected chi connectivity index (χ1v) is 11.1. The van der Waals surface area contributed by atoms with Crippen LogP contribution in [0, 0.1) is 6.92 Å². The van der Waals surface area contributed by atoms with Gasteiger partial charge in [-0.05, 0) is 53.6 Å². The molecule has 0 aromatic heterocycles. The Bertz CT molecular complexity index is 1170. The summed E-state index contributed by atoms with van der Waals surface area (Å²) in [7, 11) is 0. The highest BCUT2D eigenvalue weighted by Crippen LogP contribution is 2.31. The molecule has 5 nitrogen and oxygen atoms in total. The molecule has 0 aliphatic carbocycles. The first-order chi connectivity index (χ1) is 15.5. The molecule has 0 unspecified atom stereocenters. The fourth-order valence-electron chi connectivity index (χ4n) is 3.33. The maximum atomic E-state index is 12.6. The van der Waals surface area contributed by atoms with Crippen LogP contribution in [0.1, 0.15) is 21.5 Å². The third-order valence-electron chi connectivity index (χ3n) is 5.12. The van der Waals surface area contributed by atoms with E-state index in [1.165, 1.54) is 4.90 Å².